The maximum absolute atomic E-state index is 2.66. The standard InChI is InChI=1S/C13H17N/c1-3-14-11-7-8-12(14)13-9(2)5-4-6-10(11)13/h4-6,11-12H,3,7-8H2,1-2H3/t11-,12+/m1/s1. The lowest BCUT2D eigenvalue weighted by Gasteiger charge is -2.19. The first-order valence-electron chi connectivity index (χ1n) is 5.68. The van der Waals surface area contributed by atoms with Gasteiger partial charge in [-0.1, -0.05) is 25.1 Å². The van der Waals surface area contributed by atoms with Crippen LogP contribution < -0.4 is 0 Å². The molecule has 2 aliphatic heterocycles. The van der Waals surface area contributed by atoms with E-state index in [0.717, 1.165) is 12.1 Å². The third-order valence-electron chi connectivity index (χ3n) is 3.93. The summed E-state index contributed by atoms with van der Waals surface area (Å²) in [5.41, 5.74) is 4.75. The summed E-state index contributed by atoms with van der Waals surface area (Å²) in [5, 5.41) is 0. The van der Waals surface area contributed by atoms with Gasteiger partial charge in [0.1, 0.15) is 0 Å². The van der Waals surface area contributed by atoms with E-state index in [4.69, 9.17) is 0 Å². The first-order valence-corrected chi connectivity index (χ1v) is 5.68. The number of nitrogens with zero attached hydrogens (tertiary/aromatic N) is 1. The predicted octanol–water partition coefficient (Wildman–Crippen LogP) is 3.21. The average Bonchev–Trinajstić information content (AvgIpc) is 2.73. The molecule has 2 atom stereocenters. The van der Waals surface area contributed by atoms with Gasteiger partial charge in [-0.15, -0.1) is 0 Å². The van der Waals surface area contributed by atoms with Gasteiger partial charge in [0.25, 0.3) is 0 Å². The minimum atomic E-state index is 0.736. The highest BCUT2D eigenvalue weighted by atomic mass is 15.2. The van der Waals surface area contributed by atoms with Crippen LogP contribution in [-0.4, -0.2) is 11.4 Å². The molecule has 1 aromatic carbocycles. The minimum Gasteiger partial charge on any atom is -0.290 e. The van der Waals surface area contributed by atoms with Gasteiger partial charge in [-0.2, -0.15) is 0 Å². The first kappa shape index (κ1) is 8.49. The molecule has 2 aliphatic rings. The van der Waals surface area contributed by atoms with Crippen LogP contribution in [0.3, 0.4) is 0 Å². The van der Waals surface area contributed by atoms with E-state index in [1.54, 1.807) is 11.1 Å². The normalized spacial score (nSPS) is 29.6. The van der Waals surface area contributed by atoms with E-state index in [9.17, 15) is 0 Å². The molecule has 3 rings (SSSR count). The van der Waals surface area contributed by atoms with Crippen molar-refractivity contribution in [2.75, 3.05) is 6.54 Å². The molecule has 1 nitrogen and oxygen atoms in total. The number of hydrogen-bond donors (Lipinski definition) is 0. The van der Waals surface area contributed by atoms with Crippen LogP contribution in [0, 0.1) is 6.92 Å². The molecule has 0 aliphatic carbocycles. The Hall–Kier alpha value is -0.820. The lowest BCUT2D eigenvalue weighted by molar-refractivity contribution is 0.236. The molecule has 2 bridgehead atoms. The van der Waals surface area contributed by atoms with Gasteiger partial charge in [-0.05, 0) is 43.0 Å². The second-order valence-electron chi connectivity index (χ2n) is 4.52. The summed E-state index contributed by atoms with van der Waals surface area (Å²) in [7, 11) is 0. The van der Waals surface area contributed by atoms with Crippen molar-refractivity contribution in [3.8, 4) is 0 Å². The van der Waals surface area contributed by atoms with Crippen molar-refractivity contribution in [2.24, 2.45) is 0 Å². The van der Waals surface area contributed by atoms with Crippen LogP contribution in [0.15, 0.2) is 18.2 Å². The largest absolute Gasteiger partial charge is 0.290 e. The molecule has 1 aromatic rings. The quantitative estimate of drug-likeness (QED) is 0.652. The topological polar surface area (TPSA) is 3.24 Å². The predicted molar refractivity (Wildman–Crippen MR) is 58.3 cm³/mol. The number of hydrogen-bond acceptors (Lipinski definition) is 1. The van der Waals surface area contributed by atoms with Crippen LogP contribution in [0.1, 0.15) is 48.5 Å². The Labute approximate surface area is 85.7 Å². The fourth-order valence-corrected chi connectivity index (χ4v) is 3.40. The fraction of sp³-hybridized carbons (Fsp3) is 0.538. The number of fused-ring (bicyclic) bond motifs is 5. The van der Waals surface area contributed by atoms with Crippen LogP contribution in [0.25, 0.3) is 0 Å². The zero-order chi connectivity index (χ0) is 9.71. The SMILES string of the molecule is CCN1[C@@H]2CC[C@H]1c1c(C)cccc12. The monoisotopic (exact) mass is 187 g/mol. The Balaban J connectivity index is 2.16. The van der Waals surface area contributed by atoms with Crippen molar-refractivity contribution in [1.29, 1.82) is 0 Å². The molecule has 0 amide bonds. The van der Waals surface area contributed by atoms with Crippen molar-refractivity contribution < 1.29 is 0 Å². The Morgan fingerprint density at radius 3 is 2.79 bits per heavy atom. The van der Waals surface area contributed by atoms with Gasteiger partial charge in [-0.25, -0.2) is 0 Å². The summed E-state index contributed by atoms with van der Waals surface area (Å²) in [6, 6.07) is 8.27. The maximum Gasteiger partial charge on any atom is 0.0360 e. The molecule has 0 radical (unpaired) electrons. The molecule has 0 spiro atoms. The molecular formula is C13H17N. The van der Waals surface area contributed by atoms with E-state index in [1.807, 2.05) is 0 Å². The summed E-state index contributed by atoms with van der Waals surface area (Å²) >= 11 is 0. The first-order chi connectivity index (χ1) is 6.83. The Kier molecular flexibility index (Phi) is 1.72. The van der Waals surface area contributed by atoms with Gasteiger partial charge >= 0.3 is 0 Å². The molecular weight excluding hydrogens is 170 g/mol. The summed E-state index contributed by atoms with van der Waals surface area (Å²) in [5.74, 6) is 0. The number of benzene rings is 1. The summed E-state index contributed by atoms with van der Waals surface area (Å²) in [4.78, 5) is 2.66. The van der Waals surface area contributed by atoms with Gasteiger partial charge in [-0.3, -0.25) is 4.90 Å². The van der Waals surface area contributed by atoms with E-state index in [1.165, 1.54) is 24.9 Å². The molecule has 1 fully saturated rings. The van der Waals surface area contributed by atoms with Crippen LogP contribution in [0.2, 0.25) is 0 Å². The zero-order valence-corrected chi connectivity index (χ0v) is 8.96. The molecule has 1 heteroatoms. The number of aryl methyl sites for hydroxylation is 1. The lowest BCUT2D eigenvalue weighted by atomic mass is 9.89. The zero-order valence-electron chi connectivity index (χ0n) is 8.96. The second-order valence-corrected chi connectivity index (χ2v) is 4.52. The van der Waals surface area contributed by atoms with Crippen LogP contribution in [0.4, 0.5) is 0 Å². The Morgan fingerprint density at radius 1 is 1.29 bits per heavy atom. The van der Waals surface area contributed by atoms with Crippen molar-refractivity contribution in [3.05, 3.63) is 34.9 Å². The van der Waals surface area contributed by atoms with E-state index in [-0.39, 0.29) is 0 Å². The summed E-state index contributed by atoms with van der Waals surface area (Å²) in [6.45, 7) is 5.74. The van der Waals surface area contributed by atoms with Crippen LogP contribution in [0.5, 0.6) is 0 Å². The molecule has 2 heterocycles. The smallest absolute Gasteiger partial charge is 0.0360 e. The molecule has 14 heavy (non-hydrogen) atoms. The fourth-order valence-electron chi connectivity index (χ4n) is 3.40. The second kappa shape index (κ2) is 2.83. The van der Waals surface area contributed by atoms with E-state index in [2.05, 4.69) is 36.9 Å². The van der Waals surface area contributed by atoms with Gasteiger partial charge in [0.15, 0.2) is 0 Å². The van der Waals surface area contributed by atoms with Gasteiger partial charge in [0, 0.05) is 12.1 Å². The van der Waals surface area contributed by atoms with Crippen molar-refractivity contribution in [1.82, 2.24) is 4.90 Å². The minimum absolute atomic E-state index is 0.736. The van der Waals surface area contributed by atoms with E-state index >= 15 is 0 Å². The maximum atomic E-state index is 2.66. The Morgan fingerprint density at radius 2 is 2.07 bits per heavy atom. The third kappa shape index (κ3) is 0.885. The van der Waals surface area contributed by atoms with Crippen LogP contribution in [-0.2, 0) is 0 Å². The molecule has 0 N–H and O–H groups in total. The molecule has 0 aromatic heterocycles. The van der Waals surface area contributed by atoms with Gasteiger partial charge in [0.2, 0.25) is 0 Å². The average molecular weight is 187 g/mol. The van der Waals surface area contributed by atoms with Gasteiger partial charge in [0.05, 0.1) is 0 Å². The third-order valence-corrected chi connectivity index (χ3v) is 3.93. The summed E-state index contributed by atoms with van der Waals surface area (Å²) in [6.07, 6.45) is 2.74. The van der Waals surface area contributed by atoms with Crippen molar-refractivity contribution in [3.63, 3.8) is 0 Å². The molecule has 74 valence electrons. The van der Waals surface area contributed by atoms with Crippen molar-refractivity contribution >= 4 is 0 Å². The molecule has 0 saturated carbocycles. The lowest BCUT2D eigenvalue weighted by Crippen LogP contribution is -2.18. The van der Waals surface area contributed by atoms with Gasteiger partial charge < -0.3 is 0 Å². The summed E-state index contributed by atoms with van der Waals surface area (Å²) < 4.78 is 0. The highest BCUT2D eigenvalue weighted by Gasteiger charge is 2.43. The Bertz CT molecular complexity index is 369. The van der Waals surface area contributed by atoms with Crippen LogP contribution >= 0.6 is 0 Å². The van der Waals surface area contributed by atoms with E-state index in [0.29, 0.717) is 0 Å². The molecule has 0 unspecified atom stereocenters. The highest BCUT2D eigenvalue weighted by Crippen LogP contribution is 2.53. The molecule has 1 saturated heterocycles. The number of rotatable bonds is 1. The van der Waals surface area contributed by atoms with Crippen molar-refractivity contribution in [2.45, 2.75) is 38.8 Å². The highest BCUT2D eigenvalue weighted by molar-refractivity contribution is 5.44. The van der Waals surface area contributed by atoms with E-state index < -0.39 is 0 Å².